The molecule has 2 fully saturated rings. The summed E-state index contributed by atoms with van der Waals surface area (Å²) < 4.78 is 0. The number of nitrogens with zero attached hydrogens (tertiary/aromatic N) is 1. The molecular formula is C15H16ClNO4. The lowest BCUT2D eigenvalue weighted by Gasteiger charge is -2.24. The molecule has 3 rings (SSSR count). The fourth-order valence-corrected chi connectivity index (χ4v) is 3.84. The van der Waals surface area contributed by atoms with Crippen molar-refractivity contribution in [3.63, 3.8) is 0 Å². The first-order valence-electron chi connectivity index (χ1n) is 7.01. The minimum Gasteiger partial charge on any atom is -0.507 e. The molecule has 5 nitrogen and oxygen atoms in total. The van der Waals surface area contributed by atoms with Gasteiger partial charge < -0.3 is 15.1 Å². The predicted molar refractivity (Wildman–Crippen MR) is 76.4 cm³/mol. The van der Waals surface area contributed by atoms with Crippen LogP contribution in [0.1, 0.15) is 29.6 Å². The monoisotopic (exact) mass is 309 g/mol. The number of hydrogen-bond donors (Lipinski definition) is 2. The smallest absolute Gasteiger partial charge is 0.326 e. The van der Waals surface area contributed by atoms with E-state index in [9.17, 15) is 19.8 Å². The van der Waals surface area contributed by atoms with Gasteiger partial charge in [-0.1, -0.05) is 18.0 Å². The average Bonchev–Trinajstić information content (AvgIpc) is 2.96. The van der Waals surface area contributed by atoms with E-state index >= 15 is 0 Å². The number of carbonyl (C=O) groups is 2. The van der Waals surface area contributed by atoms with Crippen LogP contribution < -0.4 is 0 Å². The summed E-state index contributed by atoms with van der Waals surface area (Å²) in [4.78, 5) is 25.5. The van der Waals surface area contributed by atoms with Crippen molar-refractivity contribution in [3.05, 3.63) is 28.8 Å². The standard InChI is InChI=1S/C15H16ClNO4/c16-9-4-5-11(12(18)6-9)14(19)17-7-8-2-1-3-10(8)13(17)15(20)21/h4-6,8,10,13,18H,1-3,7H2,(H,20,21). The number of halogens is 1. The predicted octanol–water partition coefficient (Wildman–Crippen LogP) is 2.37. The maximum atomic E-state index is 12.6. The molecule has 6 heteroatoms. The van der Waals surface area contributed by atoms with Gasteiger partial charge in [0.2, 0.25) is 0 Å². The quantitative estimate of drug-likeness (QED) is 0.879. The molecule has 21 heavy (non-hydrogen) atoms. The van der Waals surface area contributed by atoms with Crippen molar-refractivity contribution >= 4 is 23.5 Å². The van der Waals surface area contributed by atoms with Crippen molar-refractivity contribution in [1.82, 2.24) is 4.90 Å². The lowest BCUT2D eigenvalue weighted by Crippen LogP contribution is -2.43. The lowest BCUT2D eigenvalue weighted by atomic mass is 9.94. The van der Waals surface area contributed by atoms with E-state index in [1.54, 1.807) is 0 Å². The fourth-order valence-electron chi connectivity index (χ4n) is 3.67. The highest BCUT2D eigenvalue weighted by Gasteiger charge is 2.49. The van der Waals surface area contributed by atoms with Gasteiger partial charge in [0.15, 0.2) is 0 Å². The van der Waals surface area contributed by atoms with Crippen molar-refractivity contribution in [2.45, 2.75) is 25.3 Å². The molecule has 1 aromatic rings. The second kappa shape index (κ2) is 5.22. The van der Waals surface area contributed by atoms with Gasteiger partial charge in [-0.25, -0.2) is 4.79 Å². The van der Waals surface area contributed by atoms with Crippen molar-refractivity contribution < 1.29 is 19.8 Å². The number of phenolic OH excluding ortho intramolecular Hbond substituents is 1. The second-order valence-electron chi connectivity index (χ2n) is 5.76. The van der Waals surface area contributed by atoms with Gasteiger partial charge in [0.25, 0.3) is 5.91 Å². The number of aromatic hydroxyl groups is 1. The molecule has 3 unspecified atom stereocenters. The topological polar surface area (TPSA) is 77.8 Å². The molecule has 1 aliphatic heterocycles. The molecular weight excluding hydrogens is 294 g/mol. The maximum absolute atomic E-state index is 12.6. The Labute approximate surface area is 127 Å². The van der Waals surface area contributed by atoms with E-state index < -0.39 is 17.9 Å². The Hall–Kier alpha value is -1.75. The highest BCUT2D eigenvalue weighted by molar-refractivity contribution is 6.30. The number of carboxylic acids is 1. The van der Waals surface area contributed by atoms with Crippen molar-refractivity contribution in [2.24, 2.45) is 11.8 Å². The Kier molecular flexibility index (Phi) is 3.53. The fraction of sp³-hybridized carbons (Fsp3) is 0.467. The Bertz CT molecular complexity index is 603. The summed E-state index contributed by atoms with van der Waals surface area (Å²) in [5.41, 5.74) is 0.102. The first kappa shape index (κ1) is 14.2. The zero-order chi connectivity index (χ0) is 15.1. The molecule has 1 aromatic carbocycles. The number of benzene rings is 1. The number of hydrogen-bond acceptors (Lipinski definition) is 3. The zero-order valence-corrected chi connectivity index (χ0v) is 12.1. The number of carbonyl (C=O) groups excluding carboxylic acids is 1. The van der Waals surface area contributed by atoms with Crippen LogP contribution in [0.15, 0.2) is 18.2 Å². The van der Waals surface area contributed by atoms with Crippen molar-refractivity contribution in [2.75, 3.05) is 6.54 Å². The molecule has 3 atom stereocenters. The summed E-state index contributed by atoms with van der Waals surface area (Å²) >= 11 is 5.76. The molecule has 2 N–H and O–H groups in total. The van der Waals surface area contributed by atoms with Crippen LogP contribution in [0.2, 0.25) is 5.02 Å². The highest BCUT2D eigenvalue weighted by atomic mass is 35.5. The SMILES string of the molecule is O=C(O)C1C2CCCC2CN1C(=O)c1ccc(Cl)cc1O. The van der Waals surface area contributed by atoms with Crippen LogP contribution in [-0.4, -0.2) is 39.6 Å². The molecule has 0 radical (unpaired) electrons. The molecule has 0 spiro atoms. The van der Waals surface area contributed by atoms with E-state index in [0.717, 1.165) is 19.3 Å². The summed E-state index contributed by atoms with van der Waals surface area (Å²) in [6.07, 6.45) is 2.83. The molecule has 112 valence electrons. The molecule has 0 bridgehead atoms. The van der Waals surface area contributed by atoms with Gasteiger partial charge in [0.05, 0.1) is 5.56 Å². The van der Waals surface area contributed by atoms with Crippen LogP contribution >= 0.6 is 11.6 Å². The van der Waals surface area contributed by atoms with Crippen LogP contribution in [0.4, 0.5) is 0 Å². The number of phenols is 1. The summed E-state index contributed by atoms with van der Waals surface area (Å²) in [7, 11) is 0. The van der Waals surface area contributed by atoms with Crippen LogP contribution in [0.3, 0.4) is 0 Å². The molecule has 1 aliphatic carbocycles. The van der Waals surface area contributed by atoms with Gasteiger partial charge >= 0.3 is 5.97 Å². The Morgan fingerprint density at radius 2 is 2.05 bits per heavy atom. The van der Waals surface area contributed by atoms with Crippen LogP contribution in [0, 0.1) is 11.8 Å². The summed E-state index contributed by atoms with van der Waals surface area (Å²) in [6.45, 7) is 0.447. The molecule has 1 heterocycles. The molecule has 0 aromatic heterocycles. The van der Waals surface area contributed by atoms with E-state index in [1.807, 2.05) is 0 Å². The van der Waals surface area contributed by atoms with E-state index in [0.29, 0.717) is 11.6 Å². The third-order valence-corrected chi connectivity index (χ3v) is 4.83. The summed E-state index contributed by atoms with van der Waals surface area (Å²) in [5.74, 6) is -1.34. The van der Waals surface area contributed by atoms with Crippen LogP contribution in [0.5, 0.6) is 5.75 Å². The molecule has 1 saturated carbocycles. The Morgan fingerprint density at radius 1 is 1.29 bits per heavy atom. The third kappa shape index (κ3) is 2.35. The van der Waals surface area contributed by atoms with Gasteiger partial charge in [-0.2, -0.15) is 0 Å². The number of rotatable bonds is 2. The molecule has 2 aliphatic rings. The van der Waals surface area contributed by atoms with E-state index in [-0.39, 0.29) is 23.1 Å². The normalized spacial score (nSPS) is 27.7. The average molecular weight is 310 g/mol. The number of amides is 1. The minimum absolute atomic E-state index is 0.0286. The van der Waals surface area contributed by atoms with Crippen molar-refractivity contribution in [1.29, 1.82) is 0 Å². The second-order valence-corrected chi connectivity index (χ2v) is 6.19. The zero-order valence-electron chi connectivity index (χ0n) is 11.3. The van der Waals surface area contributed by atoms with Gasteiger partial charge in [-0.15, -0.1) is 0 Å². The Morgan fingerprint density at radius 3 is 2.71 bits per heavy atom. The van der Waals surface area contributed by atoms with E-state index in [2.05, 4.69) is 0 Å². The lowest BCUT2D eigenvalue weighted by molar-refractivity contribution is -0.142. The van der Waals surface area contributed by atoms with Gasteiger partial charge in [-0.05, 0) is 42.9 Å². The Balaban J connectivity index is 1.91. The highest BCUT2D eigenvalue weighted by Crippen LogP contribution is 2.43. The van der Waals surface area contributed by atoms with Crippen LogP contribution in [0.25, 0.3) is 0 Å². The summed E-state index contributed by atoms with van der Waals surface area (Å²) in [5, 5.41) is 19.7. The third-order valence-electron chi connectivity index (χ3n) is 4.59. The first-order valence-corrected chi connectivity index (χ1v) is 7.39. The van der Waals surface area contributed by atoms with E-state index in [1.165, 1.54) is 23.1 Å². The first-order chi connectivity index (χ1) is 9.99. The van der Waals surface area contributed by atoms with Gasteiger partial charge in [-0.3, -0.25) is 4.79 Å². The number of fused-ring (bicyclic) bond motifs is 1. The van der Waals surface area contributed by atoms with Gasteiger partial charge in [0, 0.05) is 11.6 Å². The van der Waals surface area contributed by atoms with Gasteiger partial charge in [0.1, 0.15) is 11.8 Å². The van der Waals surface area contributed by atoms with Crippen LogP contribution in [-0.2, 0) is 4.79 Å². The maximum Gasteiger partial charge on any atom is 0.326 e. The number of aliphatic carboxylic acids is 1. The molecule has 1 amide bonds. The number of carboxylic acid groups (broad SMARTS) is 1. The largest absolute Gasteiger partial charge is 0.507 e. The molecule has 1 saturated heterocycles. The number of likely N-dealkylation sites (tertiary alicyclic amines) is 1. The minimum atomic E-state index is -0.966. The van der Waals surface area contributed by atoms with Crippen molar-refractivity contribution in [3.8, 4) is 5.75 Å². The van der Waals surface area contributed by atoms with E-state index in [4.69, 9.17) is 11.6 Å². The summed E-state index contributed by atoms with van der Waals surface area (Å²) in [6, 6.07) is 3.45.